The van der Waals surface area contributed by atoms with Crippen LogP contribution < -0.4 is 10.1 Å². The van der Waals surface area contributed by atoms with E-state index < -0.39 is 0 Å². The van der Waals surface area contributed by atoms with E-state index in [4.69, 9.17) is 14.0 Å². The molecule has 4 heterocycles. The van der Waals surface area contributed by atoms with Crippen molar-refractivity contribution in [2.45, 2.75) is 32.4 Å². The monoisotopic (exact) mass is 395 g/mol. The molecule has 4 rings (SSSR count). The quantitative estimate of drug-likeness (QED) is 0.677. The third-order valence-corrected chi connectivity index (χ3v) is 4.69. The molecule has 0 unspecified atom stereocenters. The van der Waals surface area contributed by atoms with Crippen LogP contribution in [0.15, 0.2) is 41.1 Å². The minimum atomic E-state index is -0.247. The molecule has 1 aliphatic rings. The molecular formula is C20H21N5O4. The largest absolute Gasteiger partial charge is 0.472 e. The van der Waals surface area contributed by atoms with E-state index in [1.54, 1.807) is 18.3 Å². The standard InChI is InChI=1S/C20H21N5O4/c1-13-15(19(25-29-13)16-4-2-3-9-21-16)12-28-18-6-5-17(23-24-18)20(26)22-14-7-10-27-11-8-14/h2-6,9,14H,7-8,10-12H2,1H3,(H,22,26). The summed E-state index contributed by atoms with van der Waals surface area (Å²) in [6.45, 7) is 3.33. The van der Waals surface area contributed by atoms with Crippen LogP contribution in [0, 0.1) is 6.92 Å². The molecule has 0 bridgehead atoms. The molecule has 0 aliphatic carbocycles. The number of carbonyl (C=O) groups is 1. The van der Waals surface area contributed by atoms with Crippen LogP contribution in [0.25, 0.3) is 11.4 Å². The van der Waals surface area contributed by atoms with Gasteiger partial charge >= 0.3 is 0 Å². The van der Waals surface area contributed by atoms with Gasteiger partial charge in [0, 0.05) is 31.5 Å². The van der Waals surface area contributed by atoms with Gasteiger partial charge in [-0.2, -0.15) is 0 Å². The third kappa shape index (κ3) is 4.57. The third-order valence-electron chi connectivity index (χ3n) is 4.69. The van der Waals surface area contributed by atoms with E-state index in [1.165, 1.54) is 0 Å². The van der Waals surface area contributed by atoms with E-state index in [1.807, 2.05) is 25.1 Å². The molecule has 0 aromatic carbocycles. The van der Waals surface area contributed by atoms with Gasteiger partial charge in [0.15, 0.2) is 5.69 Å². The normalized spacial score (nSPS) is 14.5. The zero-order chi connectivity index (χ0) is 20.1. The van der Waals surface area contributed by atoms with Gasteiger partial charge in [0.1, 0.15) is 18.1 Å². The Morgan fingerprint density at radius 1 is 1.21 bits per heavy atom. The Balaban J connectivity index is 1.39. The highest BCUT2D eigenvalue weighted by Gasteiger charge is 2.19. The molecule has 0 atom stereocenters. The topological polar surface area (TPSA) is 112 Å². The predicted molar refractivity (Wildman–Crippen MR) is 102 cm³/mol. The average molecular weight is 395 g/mol. The van der Waals surface area contributed by atoms with Crippen molar-refractivity contribution in [3.63, 3.8) is 0 Å². The van der Waals surface area contributed by atoms with Gasteiger partial charge in [0.25, 0.3) is 5.91 Å². The summed E-state index contributed by atoms with van der Waals surface area (Å²) in [6.07, 6.45) is 3.30. The van der Waals surface area contributed by atoms with E-state index in [0.717, 1.165) is 18.4 Å². The van der Waals surface area contributed by atoms with E-state index >= 15 is 0 Å². The molecule has 0 saturated carbocycles. The van der Waals surface area contributed by atoms with Gasteiger partial charge in [0.2, 0.25) is 5.88 Å². The van der Waals surface area contributed by atoms with Crippen LogP contribution in [0.3, 0.4) is 0 Å². The van der Waals surface area contributed by atoms with Gasteiger partial charge in [-0.25, -0.2) is 0 Å². The molecular weight excluding hydrogens is 374 g/mol. The first-order chi connectivity index (χ1) is 14.2. The SMILES string of the molecule is Cc1onc(-c2ccccn2)c1COc1ccc(C(=O)NC2CCOCC2)nn1. The van der Waals surface area contributed by atoms with Crippen LogP contribution in [0.1, 0.15) is 34.7 Å². The van der Waals surface area contributed by atoms with E-state index in [9.17, 15) is 4.79 Å². The maximum atomic E-state index is 12.3. The predicted octanol–water partition coefficient (Wildman–Crippen LogP) is 2.32. The Bertz CT molecular complexity index is 953. The molecule has 1 aliphatic heterocycles. The summed E-state index contributed by atoms with van der Waals surface area (Å²) in [6, 6.07) is 8.89. The van der Waals surface area contributed by atoms with Crippen LogP contribution in [-0.4, -0.2) is 45.5 Å². The number of aromatic nitrogens is 4. The smallest absolute Gasteiger partial charge is 0.272 e. The number of pyridine rings is 1. The fourth-order valence-electron chi connectivity index (χ4n) is 3.03. The minimum absolute atomic E-state index is 0.107. The van der Waals surface area contributed by atoms with Crippen molar-refractivity contribution in [3.05, 3.63) is 53.5 Å². The molecule has 0 spiro atoms. The van der Waals surface area contributed by atoms with Gasteiger partial charge in [0.05, 0.1) is 11.3 Å². The summed E-state index contributed by atoms with van der Waals surface area (Å²) >= 11 is 0. The van der Waals surface area contributed by atoms with Crippen LogP contribution >= 0.6 is 0 Å². The molecule has 1 amide bonds. The van der Waals surface area contributed by atoms with Crippen molar-refractivity contribution >= 4 is 5.91 Å². The highest BCUT2D eigenvalue weighted by Crippen LogP contribution is 2.24. The molecule has 9 nitrogen and oxygen atoms in total. The first-order valence-electron chi connectivity index (χ1n) is 9.42. The van der Waals surface area contributed by atoms with Crippen LogP contribution in [-0.2, 0) is 11.3 Å². The Hall–Kier alpha value is -3.33. The van der Waals surface area contributed by atoms with Crippen LogP contribution in [0.4, 0.5) is 0 Å². The highest BCUT2D eigenvalue weighted by atomic mass is 16.5. The van der Waals surface area contributed by atoms with Crippen molar-refractivity contribution in [1.82, 2.24) is 25.7 Å². The summed E-state index contributed by atoms with van der Waals surface area (Å²) in [4.78, 5) is 16.6. The second-order valence-electron chi connectivity index (χ2n) is 6.69. The highest BCUT2D eigenvalue weighted by molar-refractivity contribution is 5.92. The number of hydrogen-bond acceptors (Lipinski definition) is 8. The number of amides is 1. The average Bonchev–Trinajstić information content (AvgIpc) is 3.14. The lowest BCUT2D eigenvalue weighted by Gasteiger charge is -2.22. The molecule has 9 heteroatoms. The lowest BCUT2D eigenvalue weighted by molar-refractivity contribution is 0.0693. The summed E-state index contributed by atoms with van der Waals surface area (Å²) in [7, 11) is 0. The fourth-order valence-corrected chi connectivity index (χ4v) is 3.03. The number of nitrogens with one attached hydrogen (secondary N) is 1. The van der Waals surface area contributed by atoms with Gasteiger partial charge in [-0.3, -0.25) is 9.78 Å². The summed E-state index contributed by atoms with van der Waals surface area (Å²) in [5.41, 5.74) is 2.36. The van der Waals surface area contributed by atoms with Crippen molar-refractivity contribution in [2.75, 3.05) is 13.2 Å². The molecule has 1 saturated heterocycles. The second kappa shape index (κ2) is 8.78. The first kappa shape index (κ1) is 19.0. The van der Waals surface area contributed by atoms with E-state index in [2.05, 4.69) is 25.7 Å². The Labute approximate surface area is 167 Å². The molecule has 0 radical (unpaired) electrons. The van der Waals surface area contributed by atoms with Gasteiger partial charge in [-0.15, -0.1) is 10.2 Å². The minimum Gasteiger partial charge on any atom is -0.472 e. The van der Waals surface area contributed by atoms with Gasteiger partial charge < -0.3 is 19.3 Å². The fraction of sp³-hybridized carbons (Fsp3) is 0.350. The Morgan fingerprint density at radius 2 is 2.07 bits per heavy atom. The summed E-state index contributed by atoms with van der Waals surface area (Å²) < 4.78 is 16.3. The molecule has 1 N–H and O–H groups in total. The van der Waals surface area contributed by atoms with Gasteiger partial charge in [-0.1, -0.05) is 11.2 Å². The molecule has 29 heavy (non-hydrogen) atoms. The number of carbonyl (C=O) groups excluding carboxylic acids is 1. The molecule has 3 aromatic rings. The second-order valence-corrected chi connectivity index (χ2v) is 6.69. The van der Waals surface area contributed by atoms with Crippen molar-refractivity contribution < 1.29 is 18.8 Å². The lowest BCUT2D eigenvalue weighted by atomic mass is 10.1. The number of aryl methyl sites for hydroxylation is 1. The first-order valence-corrected chi connectivity index (χ1v) is 9.42. The number of nitrogens with zero attached hydrogens (tertiary/aromatic N) is 4. The van der Waals surface area contributed by atoms with Gasteiger partial charge in [-0.05, 0) is 38.0 Å². The lowest BCUT2D eigenvalue weighted by Crippen LogP contribution is -2.39. The Morgan fingerprint density at radius 3 is 2.79 bits per heavy atom. The van der Waals surface area contributed by atoms with E-state index in [-0.39, 0.29) is 24.2 Å². The maximum Gasteiger partial charge on any atom is 0.272 e. The van der Waals surface area contributed by atoms with Crippen molar-refractivity contribution in [2.24, 2.45) is 0 Å². The molecule has 150 valence electrons. The van der Waals surface area contributed by atoms with Crippen molar-refractivity contribution in [1.29, 1.82) is 0 Å². The summed E-state index contributed by atoms with van der Waals surface area (Å²) in [5, 5.41) is 15.0. The van der Waals surface area contributed by atoms with E-state index in [0.29, 0.717) is 36.2 Å². The Kier molecular flexibility index (Phi) is 5.76. The number of rotatable bonds is 6. The number of hydrogen-bond donors (Lipinski definition) is 1. The van der Waals surface area contributed by atoms with Crippen molar-refractivity contribution in [3.8, 4) is 17.3 Å². The van der Waals surface area contributed by atoms with Crippen LogP contribution in [0.2, 0.25) is 0 Å². The molecule has 3 aromatic heterocycles. The molecule has 1 fully saturated rings. The zero-order valence-electron chi connectivity index (χ0n) is 16.0. The number of ether oxygens (including phenoxy) is 2. The summed E-state index contributed by atoms with van der Waals surface area (Å²) in [5.74, 6) is 0.703. The van der Waals surface area contributed by atoms with Crippen LogP contribution in [0.5, 0.6) is 5.88 Å². The zero-order valence-corrected chi connectivity index (χ0v) is 16.0. The maximum absolute atomic E-state index is 12.3.